The highest BCUT2D eigenvalue weighted by molar-refractivity contribution is 5.87. The molecule has 0 saturated carbocycles. The van der Waals surface area contributed by atoms with E-state index in [0.29, 0.717) is 5.75 Å². The second-order valence-corrected chi connectivity index (χ2v) is 4.04. The normalized spacial score (nSPS) is 11.9. The SMILES string of the molecule is COc1ccccc1C(C(C)=O)c1ccccn1. The highest BCUT2D eigenvalue weighted by Crippen LogP contribution is 2.31. The van der Waals surface area contributed by atoms with Crippen LogP contribution in [-0.4, -0.2) is 17.9 Å². The van der Waals surface area contributed by atoms with Crippen molar-refractivity contribution in [3.63, 3.8) is 0 Å². The summed E-state index contributed by atoms with van der Waals surface area (Å²) in [5.41, 5.74) is 1.60. The number of hydrogen-bond acceptors (Lipinski definition) is 3. The van der Waals surface area contributed by atoms with Crippen molar-refractivity contribution in [1.82, 2.24) is 4.98 Å². The van der Waals surface area contributed by atoms with Crippen molar-refractivity contribution in [2.75, 3.05) is 7.11 Å². The molecule has 92 valence electrons. The molecule has 2 rings (SSSR count). The fourth-order valence-corrected chi connectivity index (χ4v) is 2.04. The topological polar surface area (TPSA) is 39.2 Å². The standard InChI is InChI=1S/C15H15NO2/c1-11(17)15(13-8-5-6-10-16-13)12-7-3-4-9-14(12)18-2/h3-10,15H,1-2H3. The third-order valence-corrected chi connectivity index (χ3v) is 2.84. The zero-order chi connectivity index (χ0) is 13.0. The van der Waals surface area contributed by atoms with Crippen molar-refractivity contribution < 1.29 is 9.53 Å². The van der Waals surface area contributed by atoms with Crippen molar-refractivity contribution >= 4 is 5.78 Å². The number of nitrogens with zero attached hydrogens (tertiary/aromatic N) is 1. The van der Waals surface area contributed by atoms with E-state index in [2.05, 4.69) is 4.98 Å². The Morgan fingerprint density at radius 2 is 1.89 bits per heavy atom. The lowest BCUT2D eigenvalue weighted by Crippen LogP contribution is -2.13. The Morgan fingerprint density at radius 1 is 1.17 bits per heavy atom. The van der Waals surface area contributed by atoms with Crippen LogP contribution in [-0.2, 0) is 4.79 Å². The molecule has 2 aromatic rings. The van der Waals surface area contributed by atoms with Gasteiger partial charge in [0.25, 0.3) is 0 Å². The summed E-state index contributed by atoms with van der Waals surface area (Å²) in [7, 11) is 1.61. The first-order chi connectivity index (χ1) is 8.74. The van der Waals surface area contributed by atoms with Crippen LogP contribution in [0.1, 0.15) is 24.1 Å². The van der Waals surface area contributed by atoms with E-state index >= 15 is 0 Å². The van der Waals surface area contributed by atoms with E-state index in [4.69, 9.17) is 4.74 Å². The summed E-state index contributed by atoms with van der Waals surface area (Å²) in [4.78, 5) is 16.2. The minimum atomic E-state index is -0.373. The number of ketones is 1. The number of aromatic nitrogens is 1. The number of para-hydroxylation sites is 1. The van der Waals surface area contributed by atoms with E-state index in [1.54, 1.807) is 20.2 Å². The van der Waals surface area contributed by atoms with Gasteiger partial charge < -0.3 is 4.74 Å². The lowest BCUT2D eigenvalue weighted by Gasteiger charge is -2.16. The second kappa shape index (κ2) is 5.45. The summed E-state index contributed by atoms with van der Waals surface area (Å²) < 4.78 is 5.32. The predicted molar refractivity (Wildman–Crippen MR) is 69.8 cm³/mol. The van der Waals surface area contributed by atoms with Gasteiger partial charge in [-0.2, -0.15) is 0 Å². The zero-order valence-electron chi connectivity index (χ0n) is 10.5. The molecule has 0 radical (unpaired) electrons. The Bertz CT molecular complexity index is 537. The van der Waals surface area contributed by atoms with Crippen LogP contribution in [0.4, 0.5) is 0 Å². The van der Waals surface area contributed by atoms with E-state index in [0.717, 1.165) is 11.3 Å². The quantitative estimate of drug-likeness (QED) is 0.826. The van der Waals surface area contributed by atoms with E-state index in [1.165, 1.54) is 0 Å². The first-order valence-corrected chi connectivity index (χ1v) is 5.78. The van der Waals surface area contributed by atoms with Crippen LogP contribution in [0.2, 0.25) is 0 Å². The summed E-state index contributed by atoms with van der Waals surface area (Å²) in [6.07, 6.45) is 1.70. The van der Waals surface area contributed by atoms with E-state index < -0.39 is 0 Å². The lowest BCUT2D eigenvalue weighted by atomic mass is 9.91. The molecule has 0 fully saturated rings. The van der Waals surface area contributed by atoms with Crippen LogP contribution in [0, 0.1) is 0 Å². The fraction of sp³-hybridized carbons (Fsp3) is 0.200. The Balaban J connectivity index is 2.52. The van der Waals surface area contributed by atoms with Crippen LogP contribution >= 0.6 is 0 Å². The second-order valence-electron chi connectivity index (χ2n) is 4.04. The van der Waals surface area contributed by atoms with Gasteiger partial charge in [0.05, 0.1) is 18.7 Å². The van der Waals surface area contributed by atoms with Crippen molar-refractivity contribution in [2.45, 2.75) is 12.8 Å². The minimum Gasteiger partial charge on any atom is -0.496 e. The van der Waals surface area contributed by atoms with Crippen LogP contribution in [0.25, 0.3) is 0 Å². The van der Waals surface area contributed by atoms with Gasteiger partial charge in [0.1, 0.15) is 11.5 Å². The number of carbonyl (C=O) groups excluding carboxylic acids is 1. The van der Waals surface area contributed by atoms with Gasteiger partial charge in [-0.1, -0.05) is 24.3 Å². The molecule has 0 bridgehead atoms. The molecule has 3 heteroatoms. The number of Topliss-reactive ketones (excluding diaryl/α,β-unsaturated/α-hetero) is 1. The Labute approximate surface area is 106 Å². The van der Waals surface area contributed by atoms with Crippen LogP contribution in [0.3, 0.4) is 0 Å². The average Bonchev–Trinajstić information content (AvgIpc) is 2.40. The number of rotatable bonds is 4. The third kappa shape index (κ3) is 2.40. The molecule has 1 aromatic carbocycles. The molecule has 18 heavy (non-hydrogen) atoms. The van der Waals surface area contributed by atoms with Gasteiger partial charge in [0.2, 0.25) is 0 Å². The molecule has 0 N–H and O–H groups in total. The molecule has 1 heterocycles. The number of carbonyl (C=O) groups is 1. The largest absolute Gasteiger partial charge is 0.496 e. The molecular weight excluding hydrogens is 226 g/mol. The van der Waals surface area contributed by atoms with E-state index in [-0.39, 0.29) is 11.7 Å². The molecule has 0 aliphatic heterocycles. The van der Waals surface area contributed by atoms with Crippen molar-refractivity contribution in [3.05, 3.63) is 59.9 Å². The van der Waals surface area contributed by atoms with Gasteiger partial charge in [-0.05, 0) is 25.1 Å². The van der Waals surface area contributed by atoms with Gasteiger partial charge >= 0.3 is 0 Å². The monoisotopic (exact) mass is 241 g/mol. The molecule has 1 unspecified atom stereocenters. The van der Waals surface area contributed by atoms with Gasteiger partial charge in [-0.15, -0.1) is 0 Å². The molecule has 0 aliphatic rings. The molecule has 1 atom stereocenters. The number of hydrogen-bond donors (Lipinski definition) is 0. The first-order valence-electron chi connectivity index (χ1n) is 5.78. The Morgan fingerprint density at radius 3 is 2.50 bits per heavy atom. The maximum absolute atomic E-state index is 11.9. The molecule has 1 aromatic heterocycles. The summed E-state index contributed by atoms with van der Waals surface area (Å²) in [5.74, 6) is 0.393. The van der Waals surface area contributed by atoms with Crippen molar-refractivity contribution in [3.8, 4) is 5.75 Å². The molecule has 0 saturated heterocycles. The van der Waals surface area contributed by atoms with E-state index in [1.807, 2.05) is 42.5 Å². The molecule has 0 spiro atoms. The van der Waals surface area contributed by atoms with Gasteiger partial charge in [0.15, 0.2) is 0 Å². The summed E-state index contributed by atoms with van der Waals surface area (Å²) in [6.45, 7) is 1.58. The van der Waals surface area contributed by atoms with Gasteiger partial charge in [-0.25, -0.2) is 0 Å². The minimum absolute atomic E-state index is 0.0539. The molecular formula is C15H15NO2. The molecule has 3 nitrogen and oxygen atoms in total. The maximum Gasteiger partial charge on any atom is 0.143 e. The number of ether oxygens (including phenoxy) is 1. The average molecular weight is 241 g/mol. The molecule has 0 aliphatic carbocycles. The predicted octanol–water partition coefficient (Wildman–Crippen LogP) is 2.81. The van der Waals surface area contributed by atoms with Crippen molar-refractivity contribution in [2.24, 2.45) is 0 Å². The van der Waals surface area contributed by atoms with Gasteiger partial charge in [-0.3, -0.25) is 9.78 Å². The number of benzene rings is 1. The van der Waals surface area contributed by atoms with Crippen molar-refractivity contribution in [1.29, 1.82) is 0 Å². The smallest absolute Gasteiger partial charge is 0.143 e. The highest BCUT2D eigenvalue weighted by Gasteiger charge is 2.23. The number of pyridine rings is 1. The van der Waals surface area contributed by atoms with Crippen LogP contribution in [0.5, 0.6) is 5.75 Å². The summed E-state index contributed by atoms with van der Waals surface area (Å²) >= 11 is 0. The lowest BCUT2D eigenvalue weighted by molar-refractivity contribution is -0.117. The highest BCUT2D eigenvalue weighted by atomic mass is 16.5. The van der Waals surface area contributed by atoms with E-state index in [9.17, 15) is 4.79 Å². The Kier molecular flexibility index (Phi) is 3.72. The summed E-state index contributed by atoms with van der Waals surface area (Å²) in [5, 5.41) is 0. The van der Waals surface area contributed by atoms with Gasteiger partial charge in [0, 0.05) is 11.8 Å². The first kappa shape index (κ1) is 12.3. The van der Waals surface area contributed by atoms with Crippen LogP contribution < -0.4 is 4.74 Å². The maximum atomic E-state index is 11.9. The Hall–Kier alpha value is -2.16. The third-order valence-electron chi connectivity index (χ3n) is 2.84. The fourth-order valence-electron chi connectivity index (χ4n) is 2.04. The number of methoxy groups -OCH3 is 1. The molecule has 0 amide bonds. The summed E-state index contributed by atoms with van der Waals surface area (Å²) in [6, 6.07) is 13.1. The van der Waals surface area contributed by atoms with Crippen LogP contribution in [0.15, 0.2) is 48.7 Å². The zero-order valence-corrected chi connectivity index (χ0v) is 10.5.